The van der Waals surface area contributed by atoms with Gasteiger partial charge >= 0.3 is 0 Å². The van der Waals surface area contributed by atoms with Gasteiger partial charge in [-0.3, -0.25) is 4.79 Å². The van der Waals surface area contributed by atoms with E-state index >= 15 is 0 Å². The molecular weight excluding hydrogens is 206 g/mol. The molecule has 0 spiro atoms. The van der Waals surface area contributed by atoms with Crippen LogP contribution in [0, 0.1) is 0 Å². The lowest BCUT2D eigenvalue weighted by Gasteiger charge is -2.15. The third-order valence-electron chi connectivity index (χ3n) is 2.40. The van der Waals surface area contributed by atoms with Crippen molar-refractivity contribution in [2.24, 2.45) is 0 Å². The number of aliphatic hydroxyl groups excluding tert-OH is 1. The minimum absolute atomic E-state index is 0.0581. The highest BCUT2D eigenvalue weighted by Crippen LogP contribution is 2.17. The smallest absolute Gasteiger partial charge is 0.255 e. The second kappa shape index (κ2) is 6.12. The topological polar surface area (TPSA) is 58.6 Å². The maximum atomic E-state index is 11.9. The number of aliphatic hydroxyl groups is 1. The van der Waals surface area contributed by atoms with Crippen LogP contribution in [0.5, 0.6) is 5.75 Å². The summed E-state index contributed by atoms with van der Waals surface area (Å²) >= 11 is 0. The number of nitrogens with one attached hydrogen (secondary N) is 1. The fourth-order valence-electron chi connectivity index (χ4n) is 1.37. The number of hydrogen-bond acceptors (Lipinski definition) is 3. The number of rotatable bonds is 5. The number of para-hydroxylation sites is 1. The van der Waals surface area contributed by atoms with E-state index in [1.807, 2.05) is 6.92 Å². The Bertz CT molecular complexity index is 348. The van der Waals surface area contributed by atoms with E-state index in [1.165, 1.54) is 7.11 Å². The van der Waals surface area contributed by atoms with E-state index in [0.29, 0.717) is 17.7 Å². The molecule has 0 aliphatic carbocycles. The Morgan fingerprint density at radius 3 is 2.75 bits per heavy atom. The summed E-state index contributed by atoms with van der Waals surface area (Å²) in [6.45, 7) is 1.85. The third-order valence-corrected chi connectivity index (χ3v) is 2.40. The van der Waals surface area contributed by atoms with Crippen molar-refractivity contribution >= 4 is 5.91 Å². The van der Waals surface area contributed by atoms with Gasteiger partial charge in [-0.1, -0.05) is 19.1 Å². The van der Waals surface area contributed by atoms with Crippen molar-refractivity contribution in [1.82, 2.24) is 5.32 Å². The summed E-state index contributed by atoms with van der Waals surface area (Å²) in [5.41, 5.74) is 0.483. The molecule has 0 aromatic heterocycles. The normalized spacial score (nSPS) is 11.9. The molecule has 0 aliphatic rings. The molecule has 1 amide bonds. The predicted molar refractivity (Wildman–Crippen MR) is 61.6 cm³/mol. The molecule has 0 heterocycles. The number of carbonyl (C=O) groups is 1. The minimum Gasteiger partial charge on any atom is -0.496 e. The van der Waals surface area contributed by atoms with Crippen molar-refractivity contribution < 1.29 is 14.6 Å². The fourth-order valence-corrected chi connectivity index (χ4v) is 1.37. The van der Waals surface area contributed by atoms with Crippen molar-refractivity contribution in [3.63, 3.8) is 0 Å². The molecule has 0 radical (unpaired) electrons. The van der Waals surface area contributed by atoms with Gasteiger partial charge in [0.25, 0.3) is 5.91 Å². The van der Waals surface area contributed by atoms with Crippen LogP contribution in [0.1, 0.15) is 23.7 Å². The summed E-state index contributed by atoms with van der Waals surface area (Å²) in [4.78, 5) is 11.9. The maximum Gasteiger partial charge on any atom is 0.255 e. The highest BCUT2D eigenvalue weighted by molar-refractivity contribution is 5.97. The summed E-state index contributed by atoms with van der Waals surface area (Å²) in [6, 6.07) is 6.79. The zero-order valence-electron chi connectivity index (χ0n) is 9.56. The highest BCUT2D eigenvalue weighted by Gasteiger charge is 2.14. The first-order valence-electron chi connectivity index (χ1n) is 5.27. The lowest BCUT2D eigenvalue weighted by atomic mass is 10.1. The Balaban J connectivity index is 2.79. The van der Waals surface area contributed by atoms with Gasteiger partial charge in [0.15, 0.2) is 0 Å². The highest BCUT2D eigenvalue weighted by atomic mass is 16.5. The SMILES string of the molecule is CC[C@H](CO)NC(=O)c1ccccc1OC. The first kappa shape index (κ1) is 12.5. The molecule has 0 saturated heterocycles. The monoisotopic (exact) mass is 223 g/mol. The van der Waals surface area contributed by atoms with Crippen LogP contribution in [0.3, 0.4) is 0 Å². The molecule has 0 saturated carbocycles. The quantitative estimate of drug-likeness (QED) is 0.788. The molecule has 1 rings (SSSR count). The van der Waals surface area contributed by atoms with Crippen molar-refractivity contribution in [3.8, 4) is 5.75 Å². The summed E-state index contributed by atoms with van der Waals surface area (Å²) in [5.74, 6) is 0.311. The van der Waals surface area contributed by atoms with Gasteiger partial charge in [-0.25, -0.2) is 0 Å². The van der Waals surface area contributed by atoms with Gasteiger partial charge in [0, 0.05) is 0 Å². The van der Waals surface area contributed by atoms with Crippen LogP contribution in [0.15, 0.2) is 24.3 Å². The Hall–Kier alpha value is -1.55. The maximum absolute atomic E-state index is 11.9. The van der Waals surface area contributed by atoms with E-state index in [2.05, 4.69) is 5.32 Å². The van der Waals surface area contributed by atoms with Gasteiger partial charge < -0.3 is 15.2 Å². The first-order chi connectivity index (χ1) is 7.72. The molecule has 2 N–H and O–H groups in total. The van der Waals surface area contributed by atoms with Crippen LogP contribution < -0.4 is 10.1 Å². The summed E-state index contributed by atoms with van der Waals surface area (Å²) in [6.07, 6.45) is 0.692. The number of benzene rings is 1. The lowest BCUT2D eigenvalue weighted by Crippen LogP contribution is -2.37. The third kappa shape index (κ3) is 2.97. The van der Waals surface area contributed by atoms with Gasteiger partial charge in [-0.15, -0.1) is 0 Å². The summed E-state index contributed by atoms with van der Waals surface area (Å²) in [7, 11) is 1.52. The molecule has 0 fully saturated rings. The Morgan fingerprint density at radius 2 is 2.19 bits per heavy atom. The van der Waals surface area contributed by atoms with Crippen LogP contribution in [0.25, 0.3) is 0 Å². The van der Waals surface area contributed by atoms with Crippen LogP contribution >= 0.6 is 0 Å². The van der Waals surface area contributed by atoms with E-state index in [1.54, 1.807) is 24.3 Å². The molecular formula is C12H17NO3. The van der Waals surface area contributed by atoms with E-state index in [0.717, 1.165) is 0 Å². The van der Waals surface area contributed by atoms with Gasteiger partial charge in [0.1, 0.15) is 5.75 Å². The van der Waals surface area contributed by atoms with Crippen LogP contribution in [0.2, 0.25) is 0 Å². The first-order valence-corrected chi connectivity index (χ1v) is 5.27. The number of carbonyl (C=O) groups excluding carboxylic acids is 1. The van der Waals surface area contributed by atoms with E-state index in [-0.39, 0.29) is 18.6 Å². The van der Waals surface area contributed by atoms with Crippen molar-refractivity contribution in [2.45, 2.75) is 19.4 Å². The molecule has 0 unspecified atom stereocenters. The molecule has 1 aromatic rings. The predicted octanol–water partition coefficient (Wildman–Crippen LogP) is 1.20. The molecule has 16 heavy (non-hydrogen) atoms. The van der Waals surface area contributed by atoms with Crippen molar-refractivity contribution in [3.05, 3.63) is 29.8 Å². The van der Waals surface area contributed by atoms with Crippen LogP contribution in [-0.2, 0) is 0 Å². The molecule has 1 aromatic carbocycles. The standard InChI is InChI=1S/C12H17NO3/c1-3-9(8-14)13-12(15)10-6-4-5-7-11(10)16-2/h4-7,9,14H,3,8H2,1-2H3,(H,13,15)/t9-/m1/s1. The number of methoxy groups -OCH3 is 1. The van der Waals surface area contributed by atoms with Gasteiger partial charge in [-0.05, 0) is 18.6 Å². The molecule has 4 heteroatoms. The number of ether oxygens (including phenoxy) is 1. The Labute approximate surface area is 95.2 Å². The van der Waals surface area contributed by atoms with E-state index in [9.17, 15) is 4.79 Å². The van der Waals surface area contributed by atoms with Gasteiger partial charge in [0.2, 0.25) is 0 Å². The fraction of sp³-hybridized carbons (Fsp3) is 0.417. The largest absolute Gasteiger partial charge is 0.496 e. The minimum atomic E-state index is -0.224. The van der Waals surface area contributed by atoms with Crippen molar-refractivity contribution in [1.29, 1.82) is 0 Å². The van der Waals surface area contributed by atoms with Crippen molar-refractivity contribution in [2.75, 3.05) is 13.7 Å². The molecule has 1 atom stereocenters. The van der Waals surface area contributed by atoms with Gasteiger partial charge in [-0.2, -0.15) is 0 Å². The Kier molecular flexibility index (Phi) is 4.79. The van der Waals surface area contributed by atoms with E-state index < -0.39 is 0 Å². The lowest BCUT2D eigenvalue weighted by molar-refractivity contribution is 0.0912. The zero-order valence-corrected chi connectivity index (χ0v) is 9.56. The molecule has 4 nitrogen and oxygen atoms in total. The molecule has 88 valence electrons. The molecule has 0 bridgehead atoms. The average Bonchev–Trinajstić information content (AvgIpc) is 2.35. The summed E-state index contributed by atoms with van der Waals surface area (Å²) in [5, 5.41) is 11.7. The van der Waals surface area contributed by atoms with Crippen LogP contribution in [-0.4, -0.2) is 30.8 Å². The second-order valence-corrected chi connectivity index (χ2v) is 3.46. The number of hydrogen-bond donors (Lipinski definition) is 2. The average molecular weight is 223 g/mol. The summed E-state index contributed by atoms with van der Waals surface area (Å²) < 4.78 is 5.09. The van der Waals surface area contributed by atoms with Gasteiger partial charge in [0.05, 0.1) is 25.3 Å². The second-order valence-electron chi connectivity index (χ2n) is 3.46. The molecule has 0 aliphatic heterocycles. The number of amides is 1. The van der Waals surface area contributed by atoms with Crippen LogP contribution in [0.4, 0.5) is 0 Å². The van der Waals surface area contributed by atoms with E-state index in [4.69, 9.17) is 9.84 Å². The Morgan fingerprint density at radius 1 is 1.50 bits per heavy atom. The zero-order chi connectivity index (χ0) is 12.0.